The Morgan fingerprint density at radius 3 is 2.71 bits per heavy atom. The van der Waals surface area contributed by atoms with Crippen molar-refractivity contribution in [1.29, 1.82) is 0 Å². The van der Waals surface area contributed by atoms with E-state index in [1.165, 1.54) is 24.8 Å². The molecule has 0 aliphatic heterocycles. The molecule has 1 saturated carbocycles. The Morgan fingerprint density at radius 1 is 1.47 bits per heavy atom. The fraction of sp³-hybridized carbons (Fsp3) is 0.462. The van der Waals surface area contributed by atoms with Gasteiger partial charge in [0.25, 0.3) is 0 Å². The van der Waals surface area contributed by atoms with Crippen molar-refractivity contribution in [3.63, 3.8) is 0 Å². The Hall–Kier alpha value is -1.06. The largest absolute Gasteiger partial charge is 0.480 e. The Morgan fingerprint density at radius 2 is 2.18 bits per heavy atom. The molecule has 0 spiro atoms. The highest BCUT2D eigenvalue weighted by Gasteiger charge is 2.20. The molecule has 1 atom stereocenters. The van der Waals surface area contributed by atoms with Gasteiger partial charge in [-0.3, -0.25) is 4.79 Å². The molecular formula is C13H18ClNO2. The molecule has 1 fully saturated rings. The third-order valence-electron chi connectivity index (χ3n) is 3.30. The molecule has 0 bridgehead atoms. The Kier molecular flexibility index (Phi) is 4.97. The lowest BCUT2D eigenvalue weighted by Gasteiger charge is -2.26. The molecule has 0 aromatic heterocycles. The standard InChI is InChI=1S/C13H17NO2.ClH/c14-12(13(15)16)8-9-3-1-6-11(7-9)10-4-2-5-10;/h1,3,6-7,10,12H,2,4-5,8,14H2,(H,15,16);1H/t12-;/m0./s1. The summed E-state index contributed by atoms with van der Waals surface area (Å²) in [5, 5.41) is 8.75. The molecule has 3 nitrogen and oxygen atoms in total. The highest BCUT2D eigenvalue weighted by Crippen LogP contribution is 2.36. The van der Waals surface area contributed by atoms with Gasteiger partial charge in [0.1, 0.15) is 6.04 Å². The van der Waals surface area contributed by atoms with Crippen LogP contribution in [0.2, 0.25) is 0 Å². The summed E-state index contributed by atoms with van der Waals surface area (Å²) in [7, 11) is 0. The normalized spacial score (nSPS) is 16.8. The zero-order chi connectivity index (χ0) is 11.5. The van der Waals surface area contributed by atoms with E-state index in [-0.39, 0.29) is 12.4 Å². The fourth-order valence-electron chi connectivity index (χ4n) is 2.06. The van der Waals surface area contributed by atoms with Gasteiger partial charge in [-0.15, -0.1) is 12.4 Å². The second kappa shape index (κ2) is 6.03. The fourth-order valence-corrected chi connectivity index (χ4v) is 2.06. The molecule has 1 aromatic carbocycles. The lowest BCUT2D eigenvalue weighted by molar-refractivity contribution is -0.138. The number of hydrogen-bond donors (Lipinski definition) is 2. The topological polar surface area (TPSA) is 63.3 Å². The summed E-state index contributed by atoms with van der Waals surface area (Å²) < 4.78 is 0. The molecule has 0 unspecified atom stereocenters. The van der Waals surface area contributed by atoms with E-state index in [0.717, 1.165) is 5.56 Å². The van der Waals surface area contributed by atoms with E-state index >= 15 is 0 Å². The summed E-state index contributed by atoms with van der Waals surface area (Å²) in [6, 6.07) is 7.38. The minimum Gasteiger partial charge on any atom is -0.480 e. The molecule has 4 heteroatoms. The summed E-state index contributed by atoms with van der Waals surface area (Å²) in [5.41, 5.74) is 7.88. The van der Waals surface area contributed by atoms with Crippen LogP contribution < -0.4 is 5.73 Å². The van der Waals surface area contributed by atoms with E-state index in [9.17, 15) is 4.79 Å². The minimum absolute atomic E-state index is 0. The van der Waals surface area contributed by atoms with Gasteiger partial charge in [-0.25, -0.2) is 0 Å². The zero-order valence-corrected chi connectivity index (χ0v) is 10.5. The van der Waals surface area contributed by atoms with E-state index in [1.54, 1.807) is 0 Å². The summed E-state index contributed by atoms with van der Waals surface area (Å²) in [6.07, 6.45) is 4.24. The van der Waals surface area contributed by atoms with Crippen molar-refractivity contribution in [2.75, 3.05) is 0 Å². The van der Waals surface area contributed by atoms with E-state index in [0.29, 0.717) is 12.3 Å². The number of nitrogens with two attached hydrogens (primary N) is 1. The van der Waals surface area contributed by atoms with Gasteiger partial charge in [0.15, 0.2) is 0 Å². The quantitative estimate of drug-likeness (QED) is 0.868. The van der Waals surface area contributed by atoms with Gasteiger partial charge in [-0.2, -0.15) is 0 Å². The van der Waals surface area contributed by atoms with Crippen molar-refractivity contribution in [3.05, 3.63) is 35.4 Å². The van der Waals surface area contributed by atoms with Crippen LogP contribution in [0.5, 0.6) is 0 Å². The molecule has 2 rings (SSSR count). The third kappa shape index (κ3) is 3.45. The van der Waals surface area contributed by atoms with E-state index in [4.69, 9.17) is 10.8 Å². The van der Waals surface area contributed by atoms with Gasteiger partial charge in [0.2, 0.25) is 0 Å². The third-order valence-corrected chi connectivity index (χ3v) is 3.30. The number of carbonyl (C=O) groups is 1. The predicted molar refractivity (Wildman–Crippen MR) is 69.6 cm³/mol. The zero-order valence-electron chi connectivity index (χ0n) is 9.63. The summed E-state index contributed by atoms with van der Waals surface area (Å²) in [5.74, 6) is -0.255. The molecule has 3 N–H and O–H groups in total. The van der Waals surface area contributed by atoms with Crippen LogP contribution in [0.1, 0.15) is 36.3 Å². The average molecular weight is 256 g/mol. The van der Waals surface area contributed by atoms with Crippen molar-refractivity contribution >= 4 is 18.4 Å². The molecule has 1 aliphatic carbocycles. The maximum atomic E-state index is 10.7. The Balaban J connectivity index is 0.00000144. The SMILES string of the molecule is Cl.N[C@@H](Cc1cccc(C2CCC2)c1)C(=O)O. The molecule has 1 aromatic rings. The molecule has 94 valence electrons. The van der Waals surface area contributed by atoms with Gasteiger partial charge < -0.3 is 10.8 Å². The van der Waals surface area contributed by atoms with Crippen molar-refractivity contribution in [3.8, 4) is 0 Å². The van der Waals surface area contributed by atoms with Gasteiger partial charge in [-0.05, 0) is 36.3 Å². The number of rotatable bonds is 4. The number of hydrogen-bond acceptors (Lipinski definition) is 2. The number of benzene rings is 1. The first kappa shape index (κ1) is 14.0. The first-order valence-electron chi connectivity index (χ1n) is 5.74. The summed E-state index contributed by atoms with van der Waals surface area (Å²) in [6.45, 7) is 0. The summed E-state index contributed by atoms with van der Waals surface area (Å²) in [4.78, 5) is 10.7. The second-order valence-electron chi connectivity index (χ2n) is 4.52. The first-order valence-corrected chi connectivity index (χ1v) is 5.74. The number of carboxylic acid groups (broad SMARTS) is 1. The van der Waals surface area contributed by atoms with Crippen LogP contribution in [-0.2, 0) is 11.2 Å². The van der Waals surface area contributed by atoms with Crippen LogP contribution in [0.25, 0.3) is 0 Å². The maximum Gasteiger partial charge on any atom is 0.320 e. The van der Waals surface area contributed by atoms with Crippen LogP contribution in [0, 0.1) is 0 Å². The molecule has 0 saturated heterocycles. The number of halogens is 1. The van der Waals surface area contributed by atoms with Gasteiger partial charge in [0, 0.05) is 0 Å². The van der Waals surface area contributed by atoms with Crippen LogP contribution in [0.15, 0.2) is 24.3 Å². The van der Waals surface area contributed by atoms with Crippen LogP contribution >= 0.6 is 12.4 Å². The highest BCUT2D eigenvalue weighted by molar-refractivity contribution is 5.85. The molecule has 0 amide bonds. The van der Waals surface area contributed by atoms with Crippen LogP contribution in [0.3, 0.4) is 0 Å². The van der Waals surface area contributed by atoms with Crippen molar-refractivity contribution in [2.24, 2.45) is 5.73 Å². The number of aliphatic carboxylic acids is 1. The second-order valence-corrected chi connectivity index (χ2v) is 4.52. The van der Waals surface area contributed by atoms with Crippen LogP contribution in [-0.4, -0.2) is 17.1 Å². The molecule has 0 heterocycles. The lowest BCUT2D eigenvalue weighted by Crippen LogP contribution is -2.32. The predicted octanol–water partition coefficient (Wildman–Crippen LogP) is 2.33. The van der Waals surface area contributed by atoms with E-state index < -0.39 is 12.0 Å². The Labute approximate surface area is 107 Å². The van der Waals surface area contributed by atoms with E-state index in [1.807, 2.05) is 12.1 Å². The van der Waals surface area contributed by atoms with Crippen molar-refractivity contribution in [1.82, 2.24) is 0 Å². The lowest BCUT2D eigenvalue weighted by atomic mass is 9.79. The molecule has 0 radical (unpaired) electrons. The minimum atomic E-state index is -0.936. The monoisotopic (exact) mass is 255 g/mol. The van der Waals surface area contributed by atoms with E-state index in [2.05, 4.69) is 12.1 Å². The van der Waals surface area contributed by atoms with Crippen molar-refractivity contribution < 1.29 is 9.90 Å². The van der Waals surface area contributed by atoms with Crippen molar-refractivity contribution in [2.45, 2.75) is 37.6 Å². The molecular weight excluding hydrogens is 238 g/mol. The number of carboxylic acids is 1. The Bertz CT molecular complexity index is 391. The van der Waals surface area contributed by atoms with Gasteiger partial charge in [-0.1, -0.05) is 30.7 Å². The van der Waals surface area contributed by atoms with Gasteiger partial charge >= 0.3 is 5.97 Å². The highest BCUT2D eigenvalue weighted by atomic mass is 35.5. The molecule has 1 aliphatic rings. The molecule has 17 heavy (non-hydrogen) atoms. The van der Waals surface area contributed by atoms with Gasteiger partial charge in [0.05, 0.1) is 0 Å². The maximum absolute atomic E-state index is 10.7. The summed E-state index contributed by atoms with van der Waals surface area (Å²) >= 11 is 0. The van der Waals surface area contributed by atoms with Crippen LogP contribution in [0.4, 0.5) is 0 Å². The first-order chi connectivity index (χ1) is 7.66. The average Bonchev–Trinajstić information content (AvgIpc) is 2.15. The smallest absolute Gasteiger partial charge is 0.320 e.